The molecule has 0 radical (unpaired) electrons. The molecule has 3 heteroatoms. The van der Waals surface area contributed by atoms with Crippen LogP contribution < -0.4 is 4.90 Å². The van der Waals surface area contributed by atoms with Crippen molar-refractivity contribution in [2.75, 3.05) is 4.90 Å². The average molecular weight is 829 g/mol. The molecule has 0 unspecified atom stereocenters. The molecule has 0 atom stereocenters. The molecular weight excluding hydrogens is 789 g/mol. The SMILES string of the molecule is c1cc(-c2ccc(N(c3ccc4c(ccc5ccccc54)c3)c3ccccc3-c3cccc4oc5ccccc5c34)cc2)cc(-c2ccc(-n3c4ccccc4c4ccccc43)cc2)c1. The van der Waals surface area contributed by atoms with Crippen LogP contribution in [0.4, 0.5) is 17.1 Å². The summed E-state index contributed by atoms with van der Waals surface area (Å²) >= 11 is 0. The molecule has 0 spiro atoms. The fourth-order valence-electron chi connectivity index (χ4n) is 10.1. The summed E-state index contributed by atoms with van der Waals surface area (Å²) in [5, 5.41) is 9.71. The van der Waals surface area contributed by atoms with Crippen LogP contribution in [0.2, 0.25) is 0 Å². The van der Waals surface area contributed by atoms with E-state index in [9.17, 15) is 0 Å². The van der Waals surface area contributed by atoms with E-state index in [1.54, 1.807) is 0 Å². The van der Waals surface area contributed by atoms with Gasteiger partial charge in [-0.05, 0) is 122 Å². The molecule has 11 aromatic carbocycles. The first-order valence-corrected chi connectivity index (χ1v) is 22.2. The Labute approximate surface area is 376 Å². The van der Waals surface area contributed by atoms with Gasteiger partial charge in [-0.25, -0.2) is 0 Å². The third-order valence-corrected chi connectivity index (χ3v) is 13.2. The summed E-state index contributed by atoms with van der Waals surface area (Å²) in [5.41, 5.74) is 15.6. The maximum Gasteiger partial charge on any atom is 0.136 e. The number of hydrogen-bond acceptors (Lipinski definition) is 2. The lowest BCUT2D eigenvalue weighted by molar-refractivity contribution is 0.669. The third kappa shape index (κ3) is 6.12. The molecule has 0 fully saturated rings. The molecule has 0 bridgehead atoms. The van der Waals surface area contributed by atoms with Crippen molar-refractivity contribution in [3.8, 4) is 39.1 Å². The van der Waals surface area contributed by atoms with Crippen LogP contribution in [-0.4, -0.2) is 4.57 Å². The number of aromatic nitrogens is 1. The Balaban J connectivity index is 0.900. The Morgan fingerprint density at radius 2 is 0.877 bits per heavy atom. The van der Waals surface area contributed by atoms with Gasteiger partial charge in [-0.1, -0.05) is 170 Å². The zero-order chi connectivity index (χ0) is 42.8. The van der Waals surface area contributed by atoms with Crippen LogP contribution in [0.15, 0.2) is 247 Å². The highest BCUT2D eigenvalue weighted by Gasteiger charge is 2.21. The molecule has 13 aromatic rings. The predicted octanol–water partition coefficient (Wildman–Crippen LogP) is 17.5. The maximum absolute atomic E-state index is 6.39. The Morgan fingerprint density at radius 1 is 0.323 bits per heavy atom. The van der Waals surface area contributed by atoms with Crippen molar-refractivity contribution in [1.29, 1.82) is 0 Å². The Bertz CT molecular complexity index is 3900. The molecule has 65 heavy (non-hydrogen) atoms. The van der Waals surface area contributed by atoms with Crippen molar-refractivity contribution >= 4 is 82.4 Å². The maximum atomic E-state index is 6.39. The van der Waals surface area contributed by atoms with E-state index in [0.717, 1.165) is 61.4 Å². The van der Waals surface area contributed by atoms with Crippen LogP contribution in [0.25, 0.3) is 104 Å². The minimum absolute atomic E-state index is 0.883. The number of para-hydroxylation sites is 4. The molecule has 0 amide bonds. The second-order valence-corrected chi connectivity index (χ2v) is 16.9. The van der Waals surface area contributed by atoms with Crippen LogP contribution in [-0.2, 0) is 0 Å². The number of nitrogens with zero attached hydrogens (tertiary/aromatic N) is 2. The summed E-state index contributed by atoms with van der Waals surface area (Å²) < 4.78 is 8.76. The van der Waals surface area contributed by atoms with Gasteiger partial charge in [-0.2, -0.15) is 0 Å². The fourth-order valence-corrected chi connectivity index (χ4v) is 10.1. The first-order valence-electron chi connectivity index (χ1n) is 22.2. The summed E-state index contributed by atoms with van der Waals surface area (Å²) in [6.07, 6.45) is 0. The number of benzene rings is 11. The quantitative estimate of drug-likeness (QED) is 0.149. The number of furan rings is 1. The third-order valence-electron chi connectivity index (χ3n) is 13.2. The Morgan fingerprint density at radius 3 is 1.65 bits per heavy atom. The topological polar surface area (TPSA) is 21.3 Å². The van der Waals surface area contributed by atoms with Crippen molar-refractivity contribution in [3.63, 3.8) is 0 Å². The molecule has 0 saturated carbocycles. The molecule has 2 heterocycles. The van der Waals surface area contributed by atoms with Crippen molar-refractivity contribution < 1.29 is 4.42 Å². The zero-order valence-corrected chi connectivity index (χ0v) is 35.4. The molecule has 304 valence electrons. The van der Waals surface area contributed by atoms with Crippen LogP contribution in [0.3, 0.4) is 0 Å². The number of hydrogen-bond donors (Lipinski definition) is 0. The zero-order valence-electron chi connectivity index (χ0n) is 35.4. The lowest BCUT2D eigenvalue weighted by atomic mass is 9.96. The number of fused-ring (bicyclic) bond motifs is 9. The van der Waals surface area contributed by atoms with Gasteiger partial charge in [0, 0.05) is 44.2 Å². The van der Waals surface area contributed by atoms with E-state index in [1.165, 1.54) is 60.0 Å². The molecule has 0 N–H and O–H groups in total. The van der Waals surface area contributed by atoms with Crippen molar-refractivity contribution in [2.24, 2.45) is 0 Å². The van der Waals surface area contributed by atoms with E-state index in [0.29, 0.717) is 0 Å². The first-order chi connectivity index (χ1) is 32.2. The summed E-state index contributed by atoms with van der Waals surface area (Å²) in [5.74, 6) is 0. The highest BCUT2D eigenvalue weighted by Crippen LogP contribution is 2.46. The smallest absolute Gasteiger partial charge is 0.136 e. The molecule has 2 aromatic heterocycles. The number of anilines is 3. The van der Waals surface area contributed by atoms with Gasteiger partial charge in [-0.15, -0.1) is 0 Å². The lowest BCUT2D eigenvalue weighted by Crippen LogP contribution is -2.11. The number of rotatable bonds is 7. The van der Waals surface area contributed by atoms with E-state index in [2.05, 4.69) is 246 Å². The summed E-state index contributed by atoms with van der Waals surface area (Å²) in [6.45, 7) is 0. The first kappa shape index (κ1) is 36.9. The molecule has 0 saturated heterocycles. The van der Waals surface area contributed by atoms with Gasteiger partial charge in [0.1, 0.15) is 11.2 Å². The molecule has 3 nitrogen and oxygen atoms in total. The van der Waals surface area contributed by atoms with Crippen LogP contribution in [0.1, 0.15) is 0 Å². The average Bonchev–Trinajstić information content (AvgIpc) is 3.93. The standard InChI is InChI=1S/C62H40N2O/c1-2-16-50-43(13-1)27-28-46-40-49(37-38-51(46)50)63(57-22-7-5-19-54(57)55-21-12-26-61-62(55)56-20-6-10-25-60(56)65-61)47-33-29-41(30-34-47)44-14-11-15-45(39-44)42-31-35-48(36-32-42)64-58-23-8-3-17-52(58)53-18-4-9-24-59(53)64/h1-40H. The van der Waals surface area contributed by atoms with E-state index < -0.39 is 0 Å². The van der Waals surface area contributed by atoms with E-state index in [4.69, 9.17) is 4.42 Å². The lowest BCUT2D eigenvalue weighted by Gasteiger charge is -2.28. The van der Waals surface area contributed by atoms with Crippen molar-refractivity contribution in [1.82, 2.24) is 4.57 Å². The second kappa shape index (κ2) is 15.0. The van der Waals surface area contributed by atoms with E-state index in [-0.39, 0.29) is 0 Å². The second-order valence-electron chi connectivity index (χ2n) is 16.9. The monoisotopic (exact) mass is 828 g/mol. The van der Waals surface area contributed by atoms with Gasteiger partial charge in [0.15, 0.2) is 0 Å². The van der Waals surface area contributed by atoms with Crippen LogP contribution in [0.5, 0.6) is 0 Å². The Kier molecular flexibility index (Phi) is 8.53. The predicted molar refractivity (Wildman–Crippen MR) is 274 cm³/mol. The summed E-state index contributed by atoms with van der Waals surface area (Å²) in [7, 11) is 0. The molecule has 0 aliphatic rings. The summed E-state index contributed by atoms with van der Waals surface area (Å²) in [6, 6.07) is 87.7. The Hall–Kier alpha value is -8.66. The van der Waals surface area contributed by atoms with Crippen LogP contribution >= 0.6 is 0 Å². The largest absolute Gasteiger partial charge is 0.456 e. The summed E-state index contributed by atoms with van der Waals surface area (Å²) in [4.78, 5) is 2.41. The molecular formula is C62H40N2O. The highest BCUT2D eigenvalue weighted by molar-refractivity contribution is 6.14. The van der Waals surface area contributed by atoms with Crippen LogP contribution in [0, 0.1) is 0 Å². The van der Waals surface area contributed by atoms with E-state index in [1.807, 2.05) is 6.07 Å². The van der Waals surface area contributed by atoms with Gasteiger partial charge in [0.25, 0.3) is 0 Å². The van der Waals surface area contributed by atoms with Gasteiger partial charge in [0.2, 0.25) is 0 Å². The minimum Gasteiger partial charge on any atom is -0.456 e. The van der Waals surface area contributed by atoms with E-state index >= 15 is 0 Å². The van der Waals surface area contributed by atoms with Gasteiger partial charge in [-0.3, -0.25) is 0 Å². The molecule has 13 rings (SSSR count). The van der Waals surface area contributed by atoms with Gasteiger partial charge in [0.05, 0.1) is 16.7 Å². The van der Waals surface area contributed by atoms with Crippen molar-refractivity contribution in [3.05, 3.63) is 243 Å². The van der Waals surface area contributed by atoms with Gasteiger partial charge < -0.3 is 13.9 Å². The van der Waals surface area contributed by atoms with Gasteiger partial charge >= 0.3 is 0 Å². The molecule has 0 aliphatic carbocycles. The molecule has 0 aliphatic heterocycles. The minimum atomic E-state index is 0.883. The highest BCUT2D eigenvalue weighted by atomic mass is 16.3. The normalized spacial score (nSPS) is 11.7. The fraction of sp³-hybridized carbons (Fsp3) is 0. The van der Waals surface area contributed by atoms with Crippen molar-refractivity contribution in [2.45, 2.75) is 0 Å².